The lowest BCUT2D eigenvalue weighted by molar-refractivity contribution is 0.0230. The van der Waals surface area contributed by atoms with E-state index in [2.05, 4.69) is 23.9 Å². The fourth-order valence-electron chi connectivity index (χ4n) is 2.71. The van der Waals surface area contributed by atoms with Crippen LogP contribution in [0.4, 0.5) is 0 Å². The lowest BCUT2D eigenvalue weighted by Crippen LogP contribution is -2.52. The third-order valence-corrected chi connectivity index (χ3v) is 3.48. The Hall–Kier alpha value is -0.0800. The van der Waals surface area contributed by atoms with E-state index < -0.39 is 0 Å². The molecule has 1 aliphatic heterocycles. The normalized spacial score (nSPS) is 28.2. The summed E-state index contributed by atoms with van der Waals surface area (Å²) in [7, 11) is 4.34. The second kappa shape index (κ2) is 3.00. The predicted molar refractivity (Wildman–Crippen MR) is 51.1 cm³/mol. The highest BCUT2D eigenvalue weighted by Crippen LogP contribution is 2.45. The molecule has 1 saturated carbocycles. The number of likely N-dealkylation sites (tertiary alicyclic amines) is 1. The van der Waals surface area contributed by atoms with E-state index in [1.165, 1.54) is 45.3 Å². The van der Waals surface area contributed by atoms with Gasteiger partial charge in [0.1, 0.15) is 0 Å². The van der Waals surface area contributed by atoms with E-state index in [9.17, 15) is 0 Å². The summed E-state index contributed by atoms with van der Waals surface area (Å²) in [6.45, 7) is 2.50. The van der Waals surface area contributed by atoms with Gasteiger partial charge in [-0.3, -0.25) is 9.80 Å². The Morgan fingerprint density at radius 3 is 2.33 bits per heavy atom. The topological polar surface area (TPSA) is 6.48 Å². The monoisotopic (exact) mass is 168 g/mol. The number of hydrogen-bond donors (Lipinski definition) is 0. The van der Waals surface area contributed by atoms with Crippen molar-refractivity contribution in [2.45, 2.75) is 37.6 Å². The summed E-state index contributed by atoms with van der Waals surface area (Å²) in [4.78, 5) is 4.99. The van der Waals surface area contributed by atoms with Crippen LogP contribution in [-0.4, -0.2) is 42.6 Å². The van der Waals surface area contributed by atoms with Gasteiger partial charge in [0, 0.05) is 5.54 Å². The van der Waals surface area contributed by atoms with Crippen LogP contribution in [0.25, 0.3) is 0 Å². The van der Waals surface area contributed by atoms with Crippen molar-refractivity contribution >= 4 is 0 Å². The van der Waals surface area contributed by atoms with Gasteiger partial charge >= 0.3 is 0 Å². The fraction of sp³-hybridized carbons (Fsp3) is 1.00. The average molecular weight is 168 g/mol. The van der Waals surface area contributed by atoms with Crippen LogP contribution in [-0.2, 0) is 0 Å². The van der Waals surface area contributed by atoms with Crippen molar-refractivity contribution in [2.75, 3.05) is 27.3 Å². The Balaban J connectivity index is 1.95. The minimum absolute atomic E-state index is 0.657. The molecule has 1 saturated heterocycles. The van der Waals surface area contributed by atoms with Crippen molar-refractivity contribution in [3.05, 3.63) is 0 Å². The summed E-state index contributed by atoms with van der Waals surface area (Å²) in [5, 5.41) is 0. The van der Waals surface area contributed by atoms with E-state index >= 15 is 0 Å². The van der Waals surface area contributed by atoms with Crippen molar-refractivity contribution < 1.29 is 0 Å². The molecule has 1 aliphatic carbocycles. The Bertz CT molecular complexity index is 161. The highest BCUT2D eigenvalue weighted by molar-refractivity contribution is 5.01. The Morgan fingerprint density at radius 2 is 1.83 bits per heavy atom. The van der Waals surface area contributed by atoms with Gasteiger partial charge in [0.25, 0.3) is 0 Å². The minimum Gasteiger partial charge on any atom is -0.297 e. The molecule has 2 nitrogen and oxygen atoms in total. The molecule has 0 unspecified atom stereocenters. The van der Waals surface area contributed by atoms with E-state index in [4.69, 9.17) is 0 Å². The second-order valence-corrected chi connectivity index (χ2v) is 4.67. The van der Waals surface area contributed by atoms with Gasteiger partial charge in [0.2, 0.25) is 0 Å². The molecule has 0 N–H and O–H groups in total. The molecule has 0 atom stereocenters. The van der Waals surface area contributed by atoms with Gasteiger partial charge in [-0.1, -0.05) is 0 Å². The number of rotatable bonds is 2. The van der Waals surface area contributed by atoms with Gasteiger partial charge in [-0.05, 0) is 52.7 Å². The molecule has 0 aromatic heterocycles. The zero-order valence-corrected chi connectivity index (χ0v) is 8.34. The molecule has 0 aromatic rings. The Labute approximate surface area is 75.5 Å². The molecular weight excluding hydrogens is 148 g/mol. The number of nitrogens with zero attached hydrogens (tertiary/aromatic N) is 2. The van der Waals surface area contributed by atoms with Crippen molar-refractivity contribution in [1.82, 2.24) is 9.80 Å². The summed E-state index contributed by atoms with van der Waals surface area (Å²) in [6.07, 6.45) is 7.26. The highest BCUT2D eigenvalue weighted by Gasteiger charge is 2.45. The summed E-state index contributed by atoms with van der Waals surface area (Å²) >= 11 is 0. The van der Waals surface area contributed by atoms with E-state index in [0.717, 1.165) is 0 Å². The van der Waals surface area contributed by atoms with Crippen LogP contribution in [0.15, 0.2) is 0 Å². The first-order chi connectivity index (χ1) is 5.73. The molecule has 2 rings (SSSR count). The van der Waals surface area contributed by atoms with Gasteiger partial charge in [-0.2, -0.15) is 0 Å². The van der Waals surface area contributed by atoms with Gasteiger partial charge in [-0.25, -0.2) is 0 Å². The second-order valence-electron chi connectivity index (χ2n) is 4.67. The van der Waals surface area contributed by atoms with Crippen LogP contribution < -0.4 is 0 Å². The lowest BCUT2D eigenvalue weighted by atomic mass is 9.75. The largest absolute Gasteiger partial charge is 0.297 e. The molecule has 0 amide bonds. The van der Waals surface area contributed by atoms with Gasteiger partial charge in [-0.15, -0.1) is 0 Å². The summed E-state index contributed by atoms with van der Waals surface area (Å²) in [6, 6.07) is 0. The quantitative estimate of drug-likeness (QED) is 0.617. The zero-order chi connectivity index (χ0) is 8.60. The van der Waals surface area contributed by atoms with Crippen LogP contribution in [0.1, 0.15) is 32.1 Å². The third-order valence-electron chi connectivity index (χ3n) is 3.48. The first kappa shape index (κ1) is 8.52. The molecule has 2 heteroatoms. The summed E-state index contributed by atoms with van der Waals surface area (Å²) in [5.41, 5.74) is 0.657. The van der Waals surface area contributed by atoms with Crippen molar-refractivity contribution in [2.24, 2.45) is 0 Å². The molecule has 2 aliphatic rings. The predicted octanol–water partition coefficient (Wildman–Crippen LogP) is 1.52. The first-order valence-corrected chi connectivity index (χ1v) is 5.13. The van der Waals surface area contributed by atoms with Gasteiger partial charge < -0.3 is 0 Å². The van der Waals surface area contributed by atoms with E-state index in [0.29, 0.717) is 5.54 Å². The van der Waals surface area contributed by atoms with Crippen LogP contribution in [0, 0.1) is 0 Å². The molecule has 2 fully saturated rings. The van der Waals surface area contributed by atoms with Gasteiger partial charge in [0.05, 0.1) is 6.67 Å². The zero-order valence-electron chi connectivity index (χ0n) is 8.34. The first-order valence-electron chi connectivity index (χ1n) is 5.13. The molecule has 0 radical (unpaired) electrons. The molecular formula is C10H20N2. The maximum atomic E-state index is 2.69. The smallest absolute Gasteiger partial charge is 0.0505 e. The van der Waals surface area contributed by atoms with Crippen LogP contribution in [0.3, 0.4) is 0 Å². The summed E-state index contributed by atoms with van der Waals surface area (Å²) in [5.74, 6) is 0. The molecule has 12 heavy (non-hydrogen) atoms. The Kier molecular flexibility index (Phi) is 2.13. The minimum atomic E-state index is 0.657. The molecule has 1 spiro atoms. The van der Waals surface area contributed by atoms with E-state index in [-0.39, 0.29) is 0 Å². The van der Waals surface area contributed by atoms with Crippen LogP contribution in [0.5, 0.6) is 0 Å². The fourth-order valence-corrected chi connectivity index (χ4v) is 2.71. The Morgan fingerprint density at radius 1 is 1.17 bits per heavy atom. The average Bonchev–Trinajstić information content (AvgIpc) is 2.28. The van der Waals surface area contributed by atoms with Crippen molar-refractivity contribution in [3.63, 3.8) is 0 Å². The number of hydrogen-bond acceptors (Lipinski definition) is 2. The molecule has 0 aromatic carbocycles. The van der Waals surface area contributed by atoms with Crippen molar-refractivity contribution in [1.29, 1.82) is 0 Å². The van der Waals surface area contributed by atoms with Crippen LogP contribution >= 0.6 is 0 Å². The SMILES string of the molecule is CN(C)CN1CCCC12CCC2. The standard InChI is InChI=1S/C10H20N2/c1-11(2)9-12-8-4-7-10(12)5-3-6-10/h3-9H2,1-2H3. The highest BCUT2D eigenvalue weighted by atomic mass is 15.3. The van der Waals surface area contributed by atoms with Gasteiger partial charge in [0.15, 0.2) is 0 Å². The third kappa shape index (κ3) is 1.27. The molecule has 0 bridgehead atoms. The summed E-state index contributed by atoms with van der Waals surface area (Å²) < 4.78 is 0. The van der Waals surface area contributed by atoms with Crippen molar-refractivity contribution in [3.8, 4) is 0 Å². The molecule has 1 heterocycles. The maximum Gasteiger partial charge on any atom is 0.0505 e. The van der Waals surface area contributed by atoms with E-state index in [1.807, 2.05) is 0 Å². The molecule has 70 valence electrons. The lowest BCUT2D eigenvalue weighted by Gasteiger charge is -2.46. The van der Waals surface area contributed by atoms with Crippen LogP contribution in [0.2, 0.25) is 0 Å². The maximum absolute atomic E-state index is 2.69. The van der Waals surface area contributed by atoms with E-state index in [1.54, 1.807) is 0 Å².